The summed E-state index contributed by atoms with van der Waals surface area (Å²) in [7, 11) is -7.07. The summed E-state index contributed by atoms with van der Waals surface area (Å²) in [6.07, 6.45) is -7.98. The Morgan fingerprint density at radius 2 is 1.38 bits per heavy atom. The van der Waals surface area contributed by atoms with Crippen LogP contribution in [0.3, 0.4) is 0 Å². The molecule has 23 nitrogen and oxygen atoms in total. The Kier molecular flexibility index (Phi) is 8.14. The summed E-state index contributed by atoms with van der Waals surface area (Å²) in [6, 6.07) is 0. The number of fused-ring (bicyclic) bond motifs is 6. The van der Waals surface area contributed by atoms with Crippen LogP contribution in [-0.2, 0) is 45.7 Å². The van der Waals surface area contributed by atoms with Crippen molar-refractivity contribution < 1.29 is 56.0 Å². The number of phosphoric acid groups is 2. The van der Waals surface area contributed by atoms with Gasteiger partial charge in [-0.15, -0.1) is 0 Å². The molecule has 7 N–H and O–H groups in total. The molecule has 0 radical (unpaired) electrons. The molecule has 25 heteroatoms. The van der Waals surface area contributed by atoms with Crippen LogP contribution in [0.4, 0.5) is 11.8 Å². The normalized spacial score (nSPS) is 36.6. The molecule has 0 amide bonds. The zero-order valence-corrected chi connectivity index (χ0v) is 26.1. The number of nitrogens with two attached hydrogens (primary N) is 2. The van der Waals surface area contributed by atoms with E-state index in [4.69, 9.17) is 48.1 Å². The van der Waals surface area contributed by atoms with Crippen LogP contribution < -0.4 is 17.0 Å². The van der Waals surface area contributed by atoms with Crippen LogP contribution >= 0.6 is 15.6 Å². The summed E-state index contributed by atoms with van der Waals surface area (Å²) in [5.74, 6) is -0.178. The summed E-state index contributed by atoms with van der Waals surface area (Å²) in [5, 5.41) is 22.6. The minimum atomic E-state index is -4.58. The number of anilines is 2. The van der Waals surface area contributed by atoms with Crippen molar-refractivity contribution in [2.24, 2.45) is 0 Å². The number of H-pyrrole nitrogens is 1. The number of aromatic amines is 1. The third kappa shape index (κ3) is 5.53. The molecule has 4 aromatic rings. The van der Waals surface area contributed by atoms with E-state index in [0.717, 1.165) is 14.2 Å². The van der Waals surface area contributed by atoms with Crippen LogP contribution in [0.25, 0.3) is 22.3 Å². The molecule has 3 aliphatic heterocycles. The van der Waals surface area contributed by atoms with Crippen molar-refractivity contribution in [1.82, 2.24) is 39.0 Å². The first-order valence-electron chi connectivity index (χ1n) is 13.7. The number of nitrogen functional groups attached to an aromatic ring is 2. The van der Waals surface area contributed by atoms with Gasteiger partial charge in [0.15, 0.2) is 35.1 Å². The highest BCUT2D eigenvalue weighted by molar-refractivity contribution is 7.48. The summed E-state index contributed by atoms with van der Waals surface area (Å²) in [6.45, 7) is -1.29. The van der Waals surface area contributed by atoms with Crippen molar-refractivity contribution in [3.8, 4) is 0 Å². The summed E-state index contributed by atoms with van der Waals surface area (Å²) in [4.78, 5) is 35.1. The highest BCUT2D eigenvalue weighted by atomic mass is 31.2. The average molecular weight is 702 g/mol. The van der Waals surface area contributed by atoms with Crippen LogP contribution in [0.5, 0.6) is 0 Å². The van der Waals surface area contributed by atoms with E-state index >= 15 is 0 Å². The number of hydrogen-bond acceptors (Lipinski definition) is 20. The molecule has 0 saturated carbocycles. The molecule has 0 spiro atoms. The quantitative estimate of drug-likeness (QED) is 0.159. The van der Waals surface area contributed by atoms with Crippen molar-refractivity contribution in [2.45, 2.75) is 49.1 Å². The number of rotatable bonds is 4. The second-order valence-corrected chi connectivity index (χ2v) is 13.9. The number of aromatic nitrogens is 8. The predicted octanol–water partition coefficient (Wildman–Crippen LogP) is -1.03. The molecule has 4 bridgehead atoms. The number of imidazole rings is 2. The molecule has 3 aliphatic rings. The molecule has 10 atom stereocenters. The van der Waals surface area contributed by atoms with Crippen LogP contribution in [0.15, 0.2) is 23.8 Å². The molecule has 0 aromatic carbocycles. The van der Waals surface area contributed by atoms with Crippen molar-refractivity contribution in [1.29, 1.82) is 0 Å². The number of aliphatic hydroxyl groups excluding tert-OH is 2. The molecule has 47 heavy (non-hydrogen) atoms. The Bertz CT molecular complexity index is 1970. The lowest BCUT2D eigenvalue weighted by Crippen LogP contribution is -2.38. The van der Waals surface area contributed by atoms with E-state index in [2.05, 4.69) is 29.9 Å². The second-order valence-electron chi connectivity index (χ2n) is 10.5. The van der Waals surface area contributed by atoms with E-state index in [-0.39, 0.29) is 34.1 Å². The van der Waals surface area contributed by atoms with Gasteiger partial charge in [-0.05, 0) is 0 Å². The molecule has 10 unspecified atom stereocenters. The summed E-state index contributed by atoms with van der Waals surface area (Å²) in [5.41, 5.74) is 11.2. The third-order valence-corrected chi connectivity index (χ3v) is 10.6. The monoisotopic (exact) mass is 702 g/mol. The van der Waals surface area contributed by atoms with Crippen LogP contribution in [0, 0.1) is 0 Å². The Labute approximate surface area is 262 Å². The van der Waals surface area contributed by atoms with Crippen LogP contribution in [0.1, 0.15) is 12.5 Å². The lowest BCUT2D eigenvalue weighted by Gasteiger charge is -2.27. The Balaban J connectivity index is 1.26. The van der Waals surface area contributed by atoms with Gasteiger partial charge < -0.3 is 31.2 Å². The largest absolute Gasteiger partial charge is 0.475 e. The maximum absolute atomic E-state index is 13.8. The minimum Gasteiger partial charge on any atom is -0.387 e. The third-order valence-electron chi connectivity index (χ3n) is 7.75. The Hall–Kier alpha value is -3.44. The van der Waals surface area contributed by atoms with E-state index in [1.54, 1.807) is 0 Å². The van der Waals surface area contributed by atoms with Crippen molar-refractivity contribution in [2.75, 3.05) is 38.9 Å². The second kappa shape index (κ2) is 11.9. The van der Waals surface area contributed by atoms with Crippen molar-refractivity contribution in [3.63, 3.8) is 0 Å². The Morgan fingerprint density at radius 1 is 0.851 bits per heavy atom. The number of ether oxygens (including phenoxy) is 2. The highest BCUT2D eigenvalue weighted by Crippen LogP contribution is 2.57. The van der Waals surface area contributed by atoms with E-state index in [9.17, 15) is 24.1 Å². The van der Waals surface area contributed by atoms with Gasteiger partial charge in [-0.1, -0.05) is 0 Å². The van der Waals surface area contributed by atoms with Gasteiger partial charge in [0.1, 0.15) is 48.5 Å². The SMILES string of the molecule is COP1(=O)OCC2OC(n3cnc4c(=O)[nH]c(N)nc43)C(OP(=O)(OC)OCC3OC(n4cnc5c(N)ncnc54)C(O1)C3O)C2O. The van der Waals surface area contributed by atoms with E-state index < -0.39 is 83.5 Å². The topological polar surface area (TPSA) is 308 Å². The van der Waals surface area contributed by atoms with Gasteiger partial charge >= 0.3 is 15.6 Å². The number of nitrogens with zero attached hydrogens (tertiary/aromatic N) is 7. The molecule has 254 valence electrons. The average Bonchev–Trinajstić information content (AvgIpc) is 3.80. The lowest BCUT2D eigenvalue weighted by molar-refractivity contribution is -0.0692. The number of hydrogen-bond donors (Lipinski definition) is 5. The van der Waals surface area contributed by atoms with Crippen LogP contribution in [0.2, 0.25) is 0 Å². The summed E-state index contributed by atoms with van der Waals surface area (Å²) < 4.78 is 75.0. The van der Waals surface area contributed by atoms with Crippen molar-refractivity contribution in [3.05, 3.63) is 29.3 Å². The molecular formula is C22H28N10O13P2. The van der Waals surface area contributed by atoms with Gasteiger partial charge in [-0.25, -0.2) is 29.1 Å². The van der Waals surface area contributed by atoms with Gasteiger partial charge in [0.2, 0.25) is 5.95 Å². The molecule has 3 saturated heterocycles. The van der Waals surface area contributed by atoms with Crippen LogP contribution in [-0.4, -0.2) is 113 Å². The first-order valence-corrected chi connectivity index (χ1v) is 16.7. The Morgan fingerprint density at radius 3 is 1.94 bits per heavy atom. The fraction of sp³-hybridized carbons (Fsp3) is 0.545. The van der Waals surface area contributed by atoms with Gasteiger partial charge in [-0.3, -0.25) is 46.1 Å². The standard InChI is InChI=1S/C22H28N10O13P2/c1-38-46(36)41-4-9-13(34)15(21(43-9)32-7-28-11-18(32)29-22(24)30-19(11)35)45-47(37,39-2)40-3-8-12(33)14(44-46)20(42-8)31-6-27-10-16(23)25-5-26-17(10)31/h5-9,12-15,20-21,33-34H,3-4H2,1-2H3,(H2,23,25,26)(H3,24,29,30,35). The fourth-order valence-electron chi connectivity index (χ4n) is 5.45. The summed E-state index contributed by atoms with van der Waals surface area (Å²) >= 11 is 0. The molecule has 7 heterocycles. The van der Waals surface area contributed by atoms with E-state index in [1.807, 2.05) is 0 Å². The molecular weight excluding hydrogens is 674 g/mol. The minimum absolute atomic E-state index is 0.0606. The van der Waals surface area contributed by atoms with E-state index in [0.29, 0.717) is 0 Å². The number of nitrogens with one attached hydrogen (secondary N) is 1. The lowest BCUT2D eigenvalue weighted by atomic mass is 10.1. The highest BCUT2D eigenvalue weighted by Gasteiger charge is 2.54. The van der Waals surface area contributed by atoms with Gasteiger partial charge in [0.25, 0.3) is 5.56 Å². The zero-order chi connectivity index (χ0) is 33.2. The molecule has 4 aromatic heterocycles. The van der Waals surface area contributed by atoms with Gasteiger partial charge in [0.05, 0.1) is 25.9 Å². The smallest absolute Gasteiger partial charge is 0.387 e. The molecule has 7 rings (SSSR count). The maximum Gasteiger partial charge on any atom is 0.475 e. The van der Waals surface area contributed by atoms with Gasteiger partial charge in [-0.2, -0.15) is 4.98 Å². The van der Waals surface area contributed by atoms with Gasteiger partial charge in [0, 0.05) is 14.2 Å². The predicted molar refractivity (Wildman–Crippen MR) is 153 cm³/mol. The molecule has 0 aliphatic carbocycles. The first-order chi connectivity index (χ1) is 22.4. The maximum atomic E-state index is 13.8. The fourth-order valence-corrected chi connectivity index (χ4v) is 7.67. The first kappa shape index (κ1) is 32.1. The molecule has 3 fully saturated rings. The zero-order valence-electron chi connectivity index (χ0n) is 24.3. The number of aliphatic hydroxyl groups is 2. The van der Waals surface area contributed by atoms with E-state index in [1.165, 1.54) is 28.1 Å². The van der Waals surface area contributed by atoms with Crippen molar-refractivity contribution >= 4 is 49.7 Å². The number of phosphoric ester groups is 2.